The van der Waals surface area contributed by atoms with Crippen LogP contribution in [-0.2, 0) is 29.7 Å². The van der Waals surface area contributed by atoms with Crippen LogP contribution in [0.3, 0.4) is 0 Å². The Bertz CT molecular complexity index is 913. The summed E-state index contributed by atoms with van der Waals surface area (Å²) in [5.74, 6) is 0. The third kappa shape index (κ3) is 4.50. The van der Waals surface area contributed by atoms with E-state index >= 15 is 0 Å². The molecule has 1 aromatic rings. The Morgan fingerprint density at radius 2 is 1.79 bits per heavy atom. The summed E-state index contributed by atoms with van der Waals surface area (Å²) >= 11 is 0. The van der Waals surface area contributed by atoms with Crippen LogP contribution in [0.2, 0.25) is 0 Å². The van der Waals surface area contributed by atoms with Crippen molar-refractivity contribution in [1.29, 1.82) is 0 Å². The van der Waals surface area contributed by atoms with Crippen molar-refractivity contribution in [2.45, 2.75) is 37.8 Å². The van der Waals surface area contributed by atoms with Crippen molar-refractivity contribution in [3.63, 3.8) is 0 Å². The Morgan fingerprint density at radius 3 is 2.46 bits per heavy atom. The predicted octanol–water partition coefficient (Wildman–Crippen LogP) is 0.782. The van der Waals surface area contributed by atoms with E-state index in [1.165, 1.54) is 14.7 Å². The number of rotatable bonds is 5. The number of sulfonamides is 1. The first kappa shape index (κ1) is 21.5. The van der Waals surface area contributed by atoms with Crippen LogP contribution in [0, 0.1) is 6.92 Å². The largest absolute Gasteiger partial charge is 0.379 e. The van der Waals surface area contributed by atoms with E-state index in [1.807, 2.05) is 6.92 Å². The van der Waals surface area contributed by atoms with Crippen LogP contribution in [0.1, 0.15) is 19.4 Å². The quantitative estimate of drug-likeness (QED) is 0.736. The van der Waals surface area contributed by atoms with Crippen molar-refractivity contribution in [3.05, 3.63) is 23.8 Å². The van der Waals surface area contributed by atoms with Gasteiger partial charge in [-0.05, 0) is 38.5 Å². The fourth-order valence-corrected chi connectivity index (χ4v) is 6.42. The van der Waals surface area contributed by atoms with E-state index < -0.39 is 20.2 Å². The van der Waals surface area contributed by atoms with Gasteiger partial charge in [-0.3, -0.25) is 4.72 Å². The van der Waals surface area contributed by atoms with Crippen molar-refractivity contribution < 1.29 is 26.3 Å². The first-order chi connectivity index (χ1) is 13.1. The van der Waals surface area contributed by atoms with Gasteiger partial charge >= 0.3 is 10.2 Å². The van der Waals surface area contributed by atoms with Gasteiger partial charge in [-0.15, -0.1) is 0 Å². The molecule has 0 bridgehead atoms. The molecule has 1 aromatic carbocycles. The van der Waals surface area contributed by atoms with Gasteiger partial charge in [0.1, 0.15) is 0 Å². The molecule has 2 atom stereocenters. The standard InChI is InChI=1S/C17H27N3O6S2/c1-13-4-5-16(10-17(13)27(21,22)19-6-8-25-9-7-19)18-28(23,24)20-11-15(3)26-12-14(20)2/h4-5,10,14-15,18H,6-9,11-12H2,1-3H3/t14-,15-/m0/s1. The lowest BCUT2D eigenvalue weighted by molar-refractivity contribution is -0.0168. The summed E-state index contributed by atoms with van der Waals surface area (Å²) in [7, 11) is -7.57. The minimum absolute atomic E-state index is 0.0954. The van der Waals surface area contributed by atoms with Crippen LogP contribution >= 0.6 is 0 Å². The molecule has 0 unspecified atom stereocenters. The maximum Gasteiger partial charge on any atom is 0.302 e. The van der Waals surface area contributed by atoms with Crippen LogP contribution in [0.5, 0.6) is 0 Å². The van der Waals surface area contributed by atoms with Crippen LogP contribution in [-0.4, -0.2) is 77.0 Å². The maximum absolute atomic E-state index is 13.0. The number of benzene rings is 1. The molecule has 9 nitrogen and oxygen atoms in total. The van der Waals surface area contributed by atoms with E-state index in [2.05, 4.69) is 4.72 Å². The van der Waals surface area contributed by atoms with Gasteiger partial charge in [0.05, 0.1) is 36.5 Å². The Morgan fingerprint density at radius 1 is 1.11 bits per heavy atom. The Labute approximate surface area is 166 Å². The summed E-state index contributed by atoms with van der Waals surface area (Å²) in [5, 5.41) is 0. The van der Waals surface area contributed by atoms with Crippen molar-refractivity contribution in [2.24, 2.45) is 0 Å². The smallest absolute Gasteiger partial charge is 0.302 e. The van der Waals surface area contributed by atoms with Crippen molar-refractivity contribution in [3.8, 4) is 0 Å². The minimum atomic E-state index is -3.84. The topological polar surface area (TPSA) is 105 Å². The molecule has 0 amide bonds. The second-order valence-electron chi connectivity index (χ2n) is 7.17. The highest BCUT2D eigenvalue weighted by atomic mass is 32.2. The molecule has 158 valence electrons. The van der Waals surface area contributed by atoms with Gasteiger partial charge in [-0.25, -0.2) is 8.42 Å². The second-order valence-corrected chi connectivity index (χ2v) is 10.7. The molecule has 2 heterocycles. The summed E-state index contributed by atoms with van der Waals surface area (Å²) < 4.78 is 67.6. The van der Waals surface area contributed by atoms with Gasteiger partial charge < -0.3 is 9.47 Å². The normalized spacial score (nSPS) is 25.5. The van der Waals surface area contributed by atoms with Crippen LogP contribution < -0.4 is 4.72 Å². The number of hydrogen-bond acceptors (Lipinski definition) is 6. The van der Waals surface area contributed by atoms with Crippen molar-refractivity contribution >= 4 is 25.9 Å². The molecule has 0 aromatic heterocycles. The summed E-state index contributed by atoms with van der Waals surface area (Å²) in [5.41, 5.74) is 0.770. The Kier molecular flexibility index (Phi) is 6.32. The monoisotopic (exact) mass is 433 g/mol. The molecule has 2 saturated heterocycles. The summed E-state index contributed by atoms with van der Waals surface area (Å²) in [6, 6.07) is 4.25. The van der Waals surface area contributed by atoms with E-state index in [9.17, 15) is 16.8 Å². The fraction of sp³-hybridized carbons (Fsp3) is 0.647. The highest BCUT2D eigenvalue weighted by Gasteiger charge is 2.34. The molecule has 3 rings (SSSR count). The van der Waals surface area contributed by atoms with E-state index in [-0.39, 0.29) is 42.4 Å². The van der Waals surface area contributed by atoms with Gasteiger partial charge in [0, 0.05) is 25.7 Å². The molecule has 1 N–H and O–H groups in total. The average molecular weight is 434 g/mol. The maximum atomic E-state index is 13.0. The summed E-state index contributed by atoms with van der Waals surface area (Å²) in [4.78, 5) is 0.0954. The summed E-state index contributed by atoms with van der Waals surface area (Å²) in [6.45, 7) is 7.07. The van der Waals surface area contributed by atoms with Gasteiger partial charge in [-0.2, -0.15) is 17.0 Å². The molecule has 0 saturated carbocycles. The first-order valence-corrected chi connectivity index (χ1v) is 12.1. The molecule has 2 fully saturated rings. The lowest BCUT2D eigenvalue weighted by atomic mass is 10.2. The molecule has 0 radical (unpaired) electrons. The van der Waals surface area contributed by atoms with Crippen LogP contribution in [0.25, 0.3) is 0 Å². The van der Waals surface area contributed by atoms with Crippen molar-refractivity contribution in [1.82, 2.24) is 8.61 Å². The number of aryl methyl sites for hydroxylation is 1. The SMILES string of the molecule is Cc1ccc(NS(=O)(=O)N2C[C@H](C)OC[C@@H]2C)cc1S(=O)(=O)N1CCOCC1. The zero-order valence-corrected chi connectivity index (χ0v) is 17.9. The second kappa shape index (κ2) is 8.25. The zero-order chi connectivity index (χ0) is 20.5. The number of hydrogen-bond donors (Lipinski definition) is 1. The fourth-order valence-electron chi connectivity index (χ4n) is 3.28. The number of anilines is 1. The highest BCUT2D eigenvalue weighted by molar-refractivity contribution is 7.90. The van der Waals surface area contributed by atoms with E-state index in [1.54, 1.807) is 26.0 Å². The van der Waals surface area contributed by atoms with Gasteiger partial charge in [0.15, 0.2) is 0 Å². The lowest BCUT2D eigenvalue weighted by Gasteiger charge is -2.35. The van der Waals surface area contributed by atoms with Gasteiger partial charge in [-0.1, -0.05) is 6.07 Å². The highest BCUT2D eigenvalue weighted by Crippen LogP contribution is 2.26. The summed E-state index contributed by atoms with van der Waals surface area (Å²) in [6.07, 6.45) is -0.206. The first-order valence-electron chi connectivity index (χ1n) is 9.21. The Balaban J connectivity index is 1.87. The lowest BCUT2D eigenvalue weighted by Crippen LogP contribution is -2.51. The molecule has 0 aliphatic carbocycles. The van der Waals surface area contributed by atoms with Gasteiger partial charge in [0.25, 0.3) is 0 Å². The molecule has 28 heavy (non-hydrogen) atoms. The van der Waals surface area contributed by atoms with Gasteiger partial charge in [0.2, 0.25) is 10.0 Å². The van der Waals surface area contributed by atoms with E-state index in [0.717, 1.165) is 0 Å². The van der Waals surface area contributed by atoms with Crippen LogP contribution in [0.4, 0.5) is 5.69 Å². The molecular formula is C17H27N3O6S2. The van der Waals surface area contributed by atoms with Crippen LogP contribution in [0.15, 0.2) is 23.1 Å². The van der Waals surface area contributed by atoms with E-state index in [4.69, 9.17) is 9.47 Å². The number of nitrogens with zero attached hydrogens (tertiary/aromatic N) is 2. The molecule has 11 heteroatoms. The Hall–Kier alpha value is -1.24. The number of nitrogens with one attached hydrogen (secondary N) is 1. The molecular weight excluding hydrogens is 406 g/mol. The zero-order valence-electron chi connectivity index (χ0n) is 16.3. The third-order valence-electron chi connectivity index (χ3n) is 4.88. The number of ether oxygens (including phenoxy) is 2. The number of morpholine rings is 2. The van der Waals surface area contributed by atoms with E-state index in [0.29, 0.717) is 25.4 Å². The molecule has 2 aliphatic heterocycles. The van der Waals surface area contributed by atoms with Crippen molar-refractivity contribution in [2.75, 3.05) is 44.2 Å². The minimum Gasteiger partial charge on any atom is -0.379 e. The third-order valence-corrected chi connectivity index (χ3v) is 8.54. The molecule has 0 spiro atoms. The predicted molar refractivity (Wildman–Crippen MR) is 105 cm³/mol. The molecule has 2 aliphatic rings. The average Bonchev–Trinajstić information content (AvgIpc) is 2.65.